The minimum atomic E-state index is -0.983. The summed E-state index contributed by atoms with van der Waals surface area (Å²) in [7, 11) is 0. The number of ether oxygens (including phenoxy) is 1. The van der Waals surface area contributed by atoms with Gasteiger partial charge in [-0.25, -0.2) is 4.79 Å². The molecule has 0 fully saturated rings. The molecule has 0 heterocycles. The van der Waals surface area contributed by atoms with E-state index in [0.29, 0.717) is 11.7 Å². The van der Waals surface area contributed by atoms with Crippen LogP contribution < -0.4 is 4.74 Å². The second-order valence-electron chi connectivity index (χ2n) is 9.39. The maximum Gasteiger partial charge on any atom is 0.328 e. The zero-order valence-electron chi connectivity index (χ0n) is 21.5. The van der Waals surface area contributed by atoms with Gasteiger partial charge in [0.25, 0.3) is 0 Å². The standard InChI is InChI=1S/C33H34O4/c1-3-5-7-10-24(4-2)30-22-26-21-27(34)16-19-29(26)33(32(30)25-11-8-6-9-12-25)37-28-17-13-23(14-18-28)15-20-31(35)36/h6,8-9,11-22,24,34H,3-5,7,10H2,1-2H3,(H,35,36)/b20-15+. The van der Waals surface area contributed by atoms with E-state index < -0.39 is 5.97 Å². The number of phenolic OH excluding ortho intramolecular Hbond substituents is 1. The predicted molar refractivity (Wildman–Crippen MR) is 151 cm³/mol. The number of carboxylic acids is 1. The van der Waals surface area contributed by atoms with Gasteiger partial charge in [-0.3, -0.25) is 0 Å². The van der Waals surface area contributed by atoms with Gasteiger partial charge in [0.05, 0.1) is 0 Å². The van der Waals surface area contributed by atoms with Gasteiger partial charge in [-0.05, 0) is 83.3 Å². The molecule has 0 bridgehead atoms. The molecule has 37 heavy (non-hydrogen) atoms. The van der Waals surface area contributed by atoms with Crippen LogP contribution >= 0.6 is 0 Å². The Labute approximate surface area is 218 Å². The van der Waals surface area contributed by atoms with E-state index >= 15 is 0 Å². The van der Waals surface area contributed by atoms with Gasteiger partial charge in [0.1, 0.15) is 17.2 Å². The van der Waals surface area contributed by atoms with Gasteiger partial charge in [0.2, 0.25) is 0 Å². The van der Waals surface area contributed by atoms with E-state index in [1.165, 1.54) is 24.8 Å². The molecule has 0 aliphatic carbocycles. The molecule has 4 aromatic carbocycles. The fourth-order valence-corrected chi connectivity index (χ4v) is 4.86. The molecule has 0 saturated carbocycles. The van der Waals surface area contributed by atoms with E-state index in [0.717, 1.165) is 52.1 Å². The Kier molecular flexibility index (Phi) is 8.63. The van der Waals surface area contributed by atoms with Crippen LogP contribution in [0.4, 0.5) is 0 Å². The Bertz CT molecular complexity index is 1370. The van der Waals surface area contributed by atoms with Gasteiger partial charge in [0, 0.05) is 17.0 Å². The first-order valence-corrected chi connectivity index (χ1v) is 13.0. The van der Waals surface area contributed by atoms with Gasteiger partial charge in [-0.15, -0.1) is 0 Å². The number of fused-ring (bicyclic) bond motifs is 1. The first-order valence-electron chi connectivity index (χ1n) is 13.0. The van der Waals surface area contributed by atoms with E-state index in [9.17, 15) is 9.90 Å². The molecule has 0 aliphatic rings. The molecule has 4 nitrogen and oxygen atoms in total. The molecule has 4 aromatic rings. The van der Waals surface area contributed by atoms with Crippen LogP contribution in [0.15, 0.2) is 84.9 Å². The highest BCUT2D eigenvalue weighted by Crippen LogP contribution is 2.46. The van der Waals surface area contributed by atoms with Gasteiger partial charge < -0.3 is 14.9 Å². The minimum absolute atomic E-state index is 0.227. The number of phenols is 1. The molecule has 4 rings (SSSR count). The summed E-state index contributed by atoms with van der Waals surface area (Å²) >= 11 is 0. The molecule has 0 aliphatic heterocycles. The molecule has 0 amide bonds. The number of benzene rings is 4. The third kappa shape index (κ3) is 6.39. The van der Waals surface area contributed by atoms with Crippen molar-refractivity contribution in [2.75, 3.05) is 0 Å². The van der Waals surface area contributed by atoms with Gasteiger partial charge >= 0.3 is 5.97 Å². The maximum absolute atomic E-state index is 10.9. The largest absolute Gasteiger partial charge is 0.508 e. The molecule has 0 radical (unpaired) electrons. The summed E-state index contributed by atoms with van der Waals surface area (Å²) in [4.78, 5) is 10.9. The lowest BCUT2D eigenvalue weighted by Crippen LogP contribution is -2.03. The molecule has 2 N–H and O–H groups in total. The van der Waals surface area contributed by atoms with Crippen LogP contribution in [0, 0.1) is 0 Å². The number of hydrogen-bond donors (Lipinski definition) is 2. The van der Waals surface area contributed by atoms with Crippen LogP contribution in [0.25, 0.3) is 28.0 Å². The van der Waals surface area contributed by atoms with Crippen LogP contribution in [0.1, 0.15) is 63.0 Å². The summed E-state index contributed by atoms with van der Waals surface area (Å²) in [5.74, 6) is 1.03. The van der Waals surface area contributed by atoms with Crippen molar-refractivity contribution in [1.29, 1.82) is 0 Å². The summed E-state index contributed by atoms with van der Waals surface area (Å²) in [5.41, 5.74) is 4.19. The number of hydrogen-bond acceptors (Lipinski definition) is 3. The fourth-order valence-electron chi connectivity index (χ4n) is 4.86. The van der Waals surface area contributed by atoms with E-state index in [4.69, 9.17) is 9.84 Å². The SMILES string of the molecule is CCCCCC(CC)c1cc2cc(O)ccc2c(Oc2ccc(/C=C/C(=O)O)cc2)c1-c1ccccc1. The number of aromatic hydroxyl groups is 1. The molecule has 0 aromatic heterocycles. The molecular weight excluding hydrogens is 460 g/mol. The summed E-state index contributed by atoms with van der Waals surface area (Å²) in [6, 6.07) is 25.4. The summed E-state index contributed by atoms with van der Waals surface area (Å²) < 4.78 is 6.64. The van der Waals surface area contributed by atoms with Crippen molar-refractivity contribution < 1.29 is 19.7 Å². The lowest BCUT2D eigenvalue weighted by molar-refractivity contribution is -0.131. The van der Waals surface area contributed by atoms with Crippen molar-refractivity contribution in [2.24, 2.45) is 0 Å². The normalized spacial score (nSPS) is 12.2. The minimum Gasteiger partial charge on any atom is -0.508 e. The second-order valence-corrected chi connectivity index (χ2v) is 9.39. The van der Waals surface area contributed by atoms with Gasteiger partial charge in [-0.1, -0.05) is 75.6 Å². The highest BCUT2D eigenvalue weighted by Gasteiger charge is 2.22. The van der Waals surface area contributed by atoms with Crippen molar-refractivity contribution in [1.82, 2.24) is 0 Å². The van der Waals surface area contributed by atoms with E-state index in [1.54, 1.807) is 18.2 Å². The Morgan fingerprint density at radius 3 is 2.38 bits per heavy atom. The van der Waals surface area contributed by atoms with E-state index in [1.807, 2.05) is 48.5 Å². The van der Waals surface area contributed by atoms with Gasteiger partial charge in [0.15, 0.2) is 0 Å². The number of unbranched alkanes of at least 4 members (excludes halogenated alkanes) is 2. The monoisotopic (exact) mass is 494 g/mol. The number of carbonyl (C=O) groups is 1. The van der Waals surface area contributed by atoms with Crippen molar-refractivity contribution in [3.05, 3.63) is 96.1 Å². The summed E-state index contributed by atoms with van der Waals surface area (Å²) in [6.45, 7) is 4.46. The molecular formula is C33H34O4. The quantitative estimate of drug-likeness (QED) is 0.161. The third-order valence-electron chi connectivity index (χ3n) is 6.78. The van der Waals surface area contributed by atoms with Crippen LogP contribution in [0.3, 0.4) is 0 Å². The zero-order valence-corrected chi connectivity index (χ0v) is 21.5. The lowest BCUT2D eigenvalue weighted by Gasteiger charge is -2.24. The molecule has 4 heteroatoms. The third-order valence-corrected chi connectivity index (χ3v) is 6.78. The topological polar surface area (TPSA) is 66.8 Å². The zero-order chi connectivity index (χ0) is 26.2. The Morgan fingerprint density at radius 1 is 0.946 bits per heavy atom. The highest BCUT2D eigenvalue weighted by molar-refractivity contribution is 5.98. The van der Waals surface area contributed by atoms with Gasteiger partial charge in [-0.2, -0.15) is 0 Å². The summed E-state index contributed by atoms with van der Waals surface area (Å²) in [5, 5.41) is 21.1. The van der Waals surface area contributed by atoms with Crippen LogP contribution in [-0.4, -0.2) is 16.2 Å². The summed E-state index contributed by atoms with van der Waals surface area (Å²) in [6.07, 6.45) is 8.34. The van der Waals surface area contributed by atoms with Crippen LogP contribution in [-0.2, 0) is 4.79 Å². The fraction of sp³-hybridized carbons (Fsp3) is 0.242. The average Bonchev–Trinajstić information content (AvgIpc) is 2.91. The van der Waals surface area contributed by atoms with E-state index in [2.05, 4.69) is 32.0 Å². The Hall–Kier alpha value is -4.05. The Morgan fingerprint density at radius 2 is 1.70 bits per heavy atom. The molecule has 190 valence electrons. The van der Waals surface area contributed by atoms with Crippen molar-refractivity contribution in [2.45, 2.75) is 51.9 Å². The highest BCUT2D eigenvalue weighted by atomic mass is 16.5. The average molecular weight is 495 g/mol. The smallest absolute Gasteiger partial charge is 0.328 e. The maximum atomic E-state index is 10.9. The number of carboxylic acid groups (broad SMARTS) is 1. The molecule has 0 spiro atoms. The van der Waals surface area contributed by atoms with Crippen molar-refractivity contribution in [3.63, 3.8) is 0 Å². The first kappa shape index (κ1) is 26.0. The van der Waals surface area contributed by atoms with Crippen LogP contribution in [0.5, 0.6) is 17.2 Å². The number of aliphatic carboxylic acids is 1. The molecule has 1 atom stereocenters. The number of rotatable bonds is 11. The predicted octanol–water partition coefficient (Wildman–Crippen LogP) is 9.18. The van der Waals surface area contributed by atoms with Crippen molar-refractivity contribution >= 4 is 22.8 Å². The molecule has 1 unspecified atom stereocenters. The molecule has 0 saturated heterocycles. The van der Waals surface area contributed by atoms with Crippen molar-refractivity contribution in [3.8, 4) is 28.4 Å². The van der Waals surface area contributed by atoms with Crippen LogP contribution in [0.2, 0.25) is 0 Å². The Balaban J connectivity index is 1.89. The first-order chi connectivity index (χ1) is 18.0. The lowest BCUT2D eigenvalue weighted by atomic mass is 9.83. The van der Waals surface area contributed by atoms with E-state index in [-0.39, 0.29) is 5.75 Å². The second kappa shape index (κ2) is 12.3.